The first kappa shape index (κ1) is 41.9. The molecule has 1 spiro atoms. The van der Waals surface area contributed by atoms with Crippen LogP contribution < -0.4 is 14.2 Å². The molecule has 291 valence electrons. The number of rotatable bonds is 12. The van der Waals surface area contributed by atoms with E-state index in [1.807, 2.05) is 56.6 Å². The van der Waals surface area contributed by atoms with E-state index >= 15 is 9.59 Å². The van der Waals surface area contributed by atoms with Gasteiger partial charge in [-0.1, -0.05) is 38.8 Å². The van der Waals surface area contributed by atoms with Crippen LogP contribution in [0.1, 0.15) is 108 Å². The maximum atomic E-state index is 15.4. The molecule has 4 aliphatic carbocycles. The van der Waals surface area contributed by atoms with Crippen molar-refractivity contribution in [1.82, 2.24) is 5.16 Å². The van der Waals surface area contributed by atoms with Gasteiger partial charge in [-0.15, -0.1) is 0 Å². The average molecular weight is 798 g/mol. The van der Waals surface area contributed by atoms with Crippen LogP contribution in [-0.4, -0.2) is 106 Å². The number of hydrogen-bond donors (Lipinski definition) is 2. The number of benzene rings is 3. The zero-order chi connectivity index (χ0) is 41.9. The Kier molecular flexibility index (Phi) is 11.5. The van der Waals surface area contributed by atoms with Crippen LogP contribution in [0.2, 0.25) is 0 Å². The fourth-order valence-electron chi connectivity index (χ4n) is 10.1. The van der Waals surface area contributed by atoms with Crippen molar-refractivity contribution < 1.29 is 38.5 Å². The van der Waals surface area contributed by atoms with E-state index in [1.165, 1.54) is 25.6 Å². The van der Waals surface area contributed by atoms with Crippen molar-refractivity contribution in [1.29, 1.82) is 0 Å². The molecule has 8 rings (SSSR count). The first-order valence-corrected chi connectivity index (χ1v) is 21.1. The number of nitrogens with zero attached hydrogens (tertiary/aromatic N) is 1. The van der Waals surface area contributed by atoms with E-state index in [2.05, 4.69) is 38.9 Å². The van der Waals surface area contributed by atoms with E-state index < -0.39 is 34.6 Å². The molecule has 1 radical (unpaired) electrons. The summed E-state index contributed by atoms with van der Waals surface area (Å²) < 4.78 is 24.8. The van der Waals surface area contributed by atoms with Crippen molar-refractivity contribution in [2.75, 3.05) is 20.8 Å². The van der Waals surface area contributed by atoms with Gasteiger partial charge in [0.1, 0.15) is 5.75 Å². The summed E-state index contributed by atoms with van der Waals surface area (Å²) in [5.41, 5.74) is 0.613. The standard InChI is InChI=1S/C42H43B7NO8S/c1-7-8-17-57-25-19-27(55-5)33-28-23(20-41(33)21(2)13-12-16-40(41,3)4)29-32(35(56-6)30(25)28)37(53)42(54)24(34(29)51)18-26-31(36(42)52)39(50-58-26)59-38(22-14-10-9-11-15-22)44-46-48-49-47-45-43/h9-11,13-15,19,24,36,52,54H,7-8,12,16-18,20H2,1-6H3/t24-,36-,41+,42-/m0/s1. The Hall–Kier alpha value is -3.80. The van der Waals surface area contributed by atoms with E-state index in [1.54, 1.807) is 20.5 Å². The minimum absolute atomic E-state index is 0.0477. The topological polar surface area (TPSA) is 128 Å². The molecular weight excluding hydrogens is 754 g/mol. The molecular formula is C42H43B7NO8S. The Labute approximate surface area is 353 Å². The molecule has 0 amide bonds. The summed E-state index contributed by atoms with van der Waals surface area (Å²) in [5, 5.41) is 31.1. The third kappa shape index (κ3) is 6.38. The second-order valence-electron chi connectivity index (χ2n) is 16.5. The molecule has 9 nitrogen and oxygen atoms in total. The van der Waals surface area contributed by atoms with Crippen LogP contribution in [0.15, 0.2) is 57.6 Å². The Morgan fingerprint density at radius 2 is 1.81 bits per heavy atom. The van der Waals surface area contributed by atoms with E-state index in [-0.39, 0.29) is 45.1 Å². The van der Waals surface area contributed by atoms with Gasteiger partial charge in [-0.25, -0.2) is 0 Å². The molecule has 4 aromatic rings. The van der Waals surface area contributed by atoms with Gasteiger partial charge >= 0.3 is 261 Å². The number of ketones is 2. The zero-order valence-electron chi connectivity index (χ0n) is 34.4. The molecule has 0 saturated heterocycles. The van der Waals surface area contributed by atoms with Crippen molar-refractivity contribution in [2.45, 2.75) is 88.4 Å². The maximum absolute atomic E-state index is 15.4. The summed E-state index contributed by atoms with van der Waals surface area (Å²) in [4.78, 5) is 31.5. The molecule has 0 fully saturated rings. The van der Waals surface area contributed by atoms with Crippen LogP contribution in [0.3, 0.4) is 0 Å². The first-order chi connectivity index (χ1) is 28.4. The molecule has 0 unspecified atom stereocenters. The molecule has 4 aliphatic rings. The summed E-state index contributed by atoms with van der Waals surface area (Å²) >= 11 is 1.23. The molecule has 59 heavy (non-hydrogen) atoms. The molecule has 17 heteroatoms. The number of aliphatic hydroxyl groups excluding tert-OH is 1. The molecule has 1 aromatic heterocycles. The number of ether oxygens (including phenoxy) is 3. The second-order valence-corrected chi connectivity index (χ2v) is 17.6. The monoisotopic (exact) mass is 798 g/mol. The molecule has 0 saturated carbocycles. The Morgan fingerprint density at radius 3 is 2.51 bits per heavy atom. The van der Waals surface area contributed by atoms with Gasteiger partial charge in [-0.2, -0.15) is 0 Å². The Bertz CT molecular complexity index is 2540. The van der Waals surface area contributed by atoms with Crippen LogP contribution in [0.25, 0.3) is 10.8 Å². The second kappa shape index (κ2) is 16.2. The predicted molar refractivity (Wildman–Crippen MR) is 239 cm³/mol. The number of methoxy groups -OCH3 is 2. The van der Waals surface area contributed by atoms with E-state index in [9.17, 15) is 10.2 Å². The number of carbonyl (C=O) groups excluding carboxylic acids is 2. The number of hydrogen-bond acceptors (Lipinski definition) is 10. The van der Waals surface area contributed by atoms with Gasteiger partial charge in [-0.3, -0.25) is 0 Å². The molecule has 3 aromatic carbocycles. The number of unbranched alkanes of at least 4 members (excludes halogenated alkanes) is 1. The van der Waals surface area contributed by atoms with Gasteiger partial charge in [0.25, 0.3) is 0 Å². The van der Waals surface area contributed by atoms with Gasteiger partial charge in [0.05, 0.1) is 13.7 Å². The average Bonchev–Trinajstić information content (AvgIpc) is 3.81. The predicted octanol–water partition coefficient (Wildman–Crippen LogP) is 4.75. The number of aliphatic hydroxyl groups is 2. The molecule has 0 bridgehead atoms. The Balaban J connectivity index is 1.32. The van der Waals surface area contributed by atoms with Crippen molar-refractivity contribution >= 4 is 86.5 Å². The molecule has 1 heterocycles. The van der Waals surface area contributed by atoms with Crippen LogP contribution in [-0.2, 0) is 18.3 Å². The fourth-order valence-corrected chi connectivity index (χ4v) is 11.2. The van der Waals surface area contributed by atoms with Crippen LogP contribution in [0, 0.1) is 11.3 Å². The van der Waals surface area contributed by atoms with Crippen molar-refractivity contribution in [3.8, 4) is 17.2 Å². The number of fused-ring (bicyclic) bond motifs is 5. The van der Waals surface area contributed by atoms with E-state index in [4.69, 9.17) is 26.1 Å². The summed E-state index contributed by atoms with van der Waals surface area (Å²) in [5.74, 6) is -1.12. The summed E-state index contributed by atoms with van der Waals surface area (Å²) in [7, 11) is 8.60. The van der Waals surface area contributed by atoms with Gasteiger partial charge in [0.2, 0.25) is 0 Å². The van der Waals surface area contributed by atoms with Gasteiger partial charge in [0.15, 0.2) is 0 Å². The van der Waals surface area contributed by atoms with Gasteiger partial charge in [-0.05, 0) is 31.6 Å². The normalized spacial score (nSPS) is 23.6. The fraction of sp³-hybridized carbons (Fsp3) is 0.429. The number of carbonyl (C=O) groups is 2. The number of allylic oxidation sites excluding steroid dienone is 2. The third-order valence-electron chi connectivity index (χ3n) is 13.2. The first-order valence-electron chi connectivity index (χ1n) is 20.3. The number of Topliss-reactive ketones (excluding diaryl/α,β-unsaturated/α-hetero) is 2. The SMILES string of the molecule is [B]=BB=BB=BB=C(Sc1noc2c1[C@H](O)[C@]1(O)C(=O)c3c(c4c5c(c(OC)cc(OCCCC)c5c3OC)[C@@]3(C4)C(C)=CCCC3(C)C)C(=O)[C@@H]1C2)c1ccccc1. The molecule has 2 N–H and O–H groups in total. The third-order valence-corrected chi connectivity index (χ3v) is 14.2. The van der Waals surface area contributed by atoms with Gasteiger partial charge < -0.3 is 4.74 Å². The summed E-state index contributed by atoms with van der Waals surface area (Å²) in [6.07, 6.45) is 4.22. The van der Waals surface area contributed by atoms with Crippen molar-refractivity contribution in [3.63, 3.8) is 0 Å². The van der Waals surface area contributed by atoms with Gasteiger partial charge in [0, 0.05) is 0 Å². The van der Waals surface area contributed by atoms with Crippen LogP contribution in [0.5, 0.6) is 17.2 Å². The molecule has 4 atom stereocenters. The van der Waals surface area contributed by atoms with Crippen LogP contribution >= 0.6 is 11.8 Å². The quantitative estimate of drug-likeness (QED) is 0.0898. The van der Waals surface area contributed by atoms with E-state index in [0.717, 1.165) is 52.6 Å². The van der Waals surface area contributed by atoms with Crippen molar-refractivity contribution in [2.24, 2.45) is 11.3 Å². The number of thioether (sulfide) groups is 1. The van der Waals surface area contributed by atoms with Crippen LogP contribution in [0.4, 0.5) is 0 Å². The minimum atomic E-state index is -2.56. The zero-order valence-corrected chi connectivity index (χ0v) is 35.2. The molecule has 0 aliphatic heterocycles. The summed E-state index contributed by atoms with van der Waals surface area (Å²) in [6.45, 7) is 19.6. The Morgan fingerprint density at radius 1 is 1.05 bits per heavy atom. The van der Waals surface area contributed by atoms with E-state index in [0.29, 0.717) is 35.5 Å². The summed E-state index contributed by atoms with van der Waals surface area (Å²) in [6, 6.07) is 11.5. The van der Waals surface area contributed by atoms with Crippen molar-refractivity contribution in [3.05, 3.63) is 87.2 Å². The number of aromatic nitrogens is 1.